The van der Waals surface area contributed by atoms with Crippen molar-refractivity contribution in [2.45, 2.75) is 26.4 Å². The number of aromatic nitrogens is 1. The zero-order valence-electron chi connectivity index (χ0n) is 16.4. The van der Waals surface area contributed by atoms with Crippen molar-refractivity contribution in [2.24, 2.45) is 0 Å². The van der Waals surface area contributed by atoms with E-state index in [1.54, 1.807) is 21.3 Å². The molecule has 0 radical (unpaired) electrons. The lowest BCUT2D eigenvalue weighted by Crippen LogP contribution is -2.11. The molecule has 1 unspecified atom stereocenters. The highest BCUT2D eigenvalue weighted by molar-refractivity contribution is 5.92. The summed E-state index contributed by atoms with van der Waals surface area (Å²) in [6, 6.07) is 13.7. The van der Waals surface area contributed by atoms with Crippen LogP contribution in [0.1, 0.15) is 20.3 Å². The lowest BCUT2D eigenvalue weighted by molar-refractivity contribution is 0.210. The molecule has 0 aliphatic carbocycles. The first-order valence-electron chi connectivity index (χ1n) is 8.97. The van der Waals surface area contributed by atoms with E-state index in [0.29, 0.717) is 17.4 Å². The van der Waals surface area contributed by atoms with E-state index in [0.717, 1.165) is 34.2 Å². The molecule has 27 heavy (non-hydrogen) atoms. The Bertz CT molecular complexity index is 922. The van der Waals surface area contributed by atoms with Gasteiger partial charge in [-0.2, -0.15) is 0 Å². The normalized spacial score (nSPS) is 11.9. The van der Waals surface area contributed by atoms with E-state index in [2.05, 4.69) is 13.0 Å². The molecule has 0 saturated carbocycles. The Labute approximate surface area is 159 Å². The zero-order valence-corrected chi connectivity index (χ0v) is 16.4. The van der Waals surface area contributed by atoms with Crippen molar-refractivity contribution in [2.75, 3.05) is 21.3 Å². The maximum Gasteiger partial charge on any atom is 0.222 e. The van der Waals surface area contributed by atoms with E-state index in [1.165, 1.54) is 0 Å². The Morgan fingerprint density at radius 1 is 0.889 bits per heavy atom. The zero-order chi connectivity index (χ0) is 19.4. The van der Waals surface area contributed by atoms with Gasteiger partial charge in [-0.3, -0.25) is 0 Å². The van der Waals surface area contributed by atoms with Crippen molar-refractivity contribution in [3.05, 3.63) is 42.5 Å². The number of methoxy groups -OCH3 is 3. The number of fused-ring (bicyclic) bond motifs is 1. The monoisotopic (exact) mass is 367 g/mol. The largest absolute Gasteiger partial charge is 0.497 e. The van der Waals surface area contributed by atoms with Crippen LogP contribution in [-0.2, 0) is 0 Å². The molecule has 1 aromatic heterocycles. The van der Waals surface area contributed by atoms with Crippen LogP contribution in [0.4, 0.5) is 0 Å². The van der Waals surface area contributed by atoms with Gasteiger partial charge in [0, 0.05) is 23.1 Å². The van der Waals surface area contributed by atoms with Gasteiger partial charge in [0.1, 0.15) is 17.2 Å². The van der Waals surface area contributed by atoms with Gasteiger partial charge in [0.15, 0.2) is 0 Å². The second-order valence-corrected chi connectivity index (χ2v) is 6.30. The number of ether oxygens (including phenoxy) is 4. The van der Waals surface area contributed by atoms with Crippen LogP contribution >= 0.6 is 0 Å². The van der Waals surface area contributed by atoms with Gasteiger partial charge in [-0.25, -0.2) is 4.98 Å². The number of benzene rings is 2. The molecule has 3 aromatic rings. The van der Waals surface area contributed by atoms with E-state index in [9.17, 15) is 0 Å². The van der Waals surface area contributed by atoms with E-state index in [-0.39, 0.29) is 6.10 Å². The topological polar surface area (TPSA) is 49.8 Å². The van der Waals surface area contributed by atoms with Crippen LogP contribution in [0.3, 0.4) is 0 Å². The summed E-state index contributed by atoms with van der Waals surface area (Å²) in [4.78, 5) is 4.79. The average Bonchev–Trinajstić information content (AvgIpc) is 2.72. The standard InChI is InChI=1S/C22H25NO4/c1-6-14(2)27-22-18(15-7-9-16(24-3)10-8-15)13-19-20(23-22)11-17(25-4)12-21(19)26-5/h7-14H,6H2,1-5H3. The Morgan fingerprint density at radius 3 is 2.19 bits per heavy atom. The number of rotatable bonds is 7. The Hall–Kier alpha value is -2.95. The molecule has 0 aliphatic heterocycles. The van der Waals surface area contributed by atoms with Gasteiger partial charge in [0.05, 0.1) is 33.0 Å². The van der Waals surface area contributed by atoms with Crippen LogP contribution < -0.4 is 18.9 Å². The fraction of sp³-hybridized carbons (Fsp3) is 0.318. The Balaban J connectivity index is 2.22. The highest BCUT2D eigenvalue weighted by Gasteiger charge is 2.16. The predicted molar refractivity (Wildman–Crippen MR) is 107 cm³/mol. The molecule has 142 valence electrons. The molecule has 0 amide bonds. The fourth-order valence-electron chi connectivity index (χ4n) is 2.83. The van der Waals surface area contributed by atoms with Crippen LogP contribution in [0.2, 0.25) is 0 Å². The smallest absolute Gasteiger partial charge is 0.222 e. The minimum Gasteiger partial charge on any atom is -0.497 e. The van der Waals surface area contributed by atoms with E-state index in [1.807, 2.05) is 43.3 Å². The number of hydrogen-bond donors (Lipinski definition) is 0. The van der Waals surface area contributed by atoms with Crippen molar-refractivity contribution in [1.29, 1.82) is 0 Å². The van der Waals surface area contributed by atoms with E-state index >= 15 is 0 Å². The first kappa shape index (κ1) is 18.8. The van der Waals surface area contributed by atoms with Crippen molar-refractivity contribution >= 4 is 10.9 Å². The fourth-order valence-corrected chi connectivity index (χ4v) is 2.83. The third kappa shape index (κ3) is 3.92. The van der Waals surface area contributed by atoms with Gasteiger partial charge in [-0.15, -0.1) is 0 Å². The van der Waals surface area contributed by atoms with Crippen LogP contribution in [0.5, 0.6) is 23.1 Å². The summed E-state index contributed by atoms with van der Waals surface area (Å²) in [5.41, 5.74) is 2.68. The third-order valence-corrected chi connectivity index (χ3v) is 4.58. The summed E-state index contributed by atoms with van der Waals surface area (Å²) in [6.07, 6.45) is 0.947. The maximum atomic E-state index is 6.14. The molecular weight excluding hydrogens is 342 g/mol. The molecule has 0 aliphatic rings. The molecule has 1 heterocycles. The van der Waals surface area contributed by atoms with Gasteiger partial charge in [-0.05, 0) is 37.1 Å². The average molecular weight is 367 g/mol. The molecule has 0 fully saturated rings. The van der Waals surface area contributed by atoms with Crippen LogP contribution in [0, 0.1) is 0 Å². The Kier molecular flexibility index (Phi) is 5.69. The van der Waals surface area contributed by atoms with Gasteiger partial charge in [0.2, 0.25) is 5.88 Å². The summed E-state index contributed by atoms with van der Waals surface area (Å²) in [5.74, 6) is 2.80. The molecule has 1 atom stereocenters. The second-order valence-electron chi connectivity index (χ2n) is 6.30. The molecule has 5 heteroatoms. The minimum absolute atomic E-state index is 0.0550. The van der Waals surface area contributed by atoms with Crippen molar-refractivity contribution in [1.82, 2.24) is 4.98 Å². The molecule has 0 bridgehead atoms. The lowest BCUT2D eigenvalue weighted by atomic mass is 10.0. The molecule has 0 saturated heterocycles. The first-order chi connectivity index (χ1) is 13.1. The molecular formula is C22H25NO4. The van der Waals surface area contributed by atoms with E-state index in [4.69, 9.17) is 23.9 Å². The van der Waals surface area contributed by atoms with Crippen molar-refractivity contribution in [3.63, 3.8) is 0 Å². The summed E-state index contributed by atoms with van der Waals surface area (Å²) in [5, 5.41) is 0.903. The van der Waals surface area contributed by atoms with Crippen molar-refractivity contribution in [3.8, 4) is 34.3 Å². The number of nitrogens with zero attached hydrogens (tertiary/aromatic N) is 1. The minimum atomic E-state index is 0.0550. The van der Waals surface area contributed by atoms with Crippen LogP contribution in [0.25, 0.3) is 22.0 Å². The van der Waals surface area contributed by atoms with Crippen molar-refractivity contribution < 1.29 is 18.9 Å². The molecule has 3 rings (SSSR count). The SMILES string of the molecule is CCC(C)Oc1nc2cc(OC)cc(OC)c2cc1-c1ccc(OC)cc1. The van der Waals surface area contributed by atoms with Gasteiger partial charge >= 0.3 is 0 Å². The second kappa shape index (κ2) is 8.16. The highest BCUT2D eigenvalue weighted by Crippen LogP contribution is 2.38. The van der Waals surface area contributed by atoms with Crippen LogP contribution in [0.15, 0.2) is 42.5 Å². The summed E-state index contributed by atoms with van der Waals surface area (Å²) >= 11 is 0. The van der Waals surface area contributed by atoms with Gasteiger partial charge in [0.25, 0.3) is 0 Å². The first-order valence-corrected chi connectivity index (χ1v) is 8.97. The molecule has 0 N–H and O–H groups in total. The predicted octanol–water partition coefficient (Wildman–Crippen LogP) is 5.10. The lowest BCUT2D eigenvalue weighted by Gasteiger charge is -2.17. The summed E-state index contributed by atoms with van der Waals surface area (Å²) < 4.78 is 22.3. The number of hydrogen-bond acceptors (Lipinski definition) is 5. The Morgan fingerprint density at radius 2 is 1.59 bits per heavy atom. The third-order valence-electron chi connectivity index (χ3n) is 4.58. The van der Waals surface area contributed by atoms with Crippen LogP contribution in [-0.4, -0.2) is 32.4 Å². The summed E-state index contributed by atoms with van der Waals surface area (Å²) in [6.45, 7) is 4.13. The van der Waals surface area contributed by atoms with Gasteiger partial charge in [-0.1, -0.05) is 19.1 Å². The van der Waals surface area contributed by atoms with E-state index < -0.39 is 0 Å². The molecule has 2 aromatic carbocycles. The molecule has 0 spiro atoms. The quantitative estimate of drug-likeness (QED) is 0.581. The maximum absolute atomic E-state index is 6.14. The summed E-state index contributed by atoms with van der Waals surface area (Å²) in [7, 11) is 4.93. The molecule has 5 nitrogen and oxygen atoms in total. The van der Waals surface area contributed by atoms with Gasteiger partial charge < -0.3 is 18.9 Å². The number of pyridine rings is 1. The highest BCUT2D eigenvalue weighted by atomic mass is 16.5.